The molecular weight excluding hydrogens is 346 g/mol. The number of nitrogens with one attached hydrogen (secondary N) is 1. The number of fused-ring (bicyclic) bond motifs is 1. The summed E-state index contributed by atoms with van der Waals surface area (Å²) in [6, 6.07) is 19.3. The van der Waals surface area contributed by atoms with Gasteiger partial charge in [-0.25, -0.2) is 4.79 Å². The number of rotatable bonds is 6. The fourth-order valence-corrected chi connectivity index (χ4v) is 2.85. The molecule has 2 unspecified atom stereocenters. The summed E-state index contributed by atoms with van der Waals surface area (Å²) in [5, 5.41) is 34.3. The van der Waals surface area contributed by atoms with E-state index in [-0.39, 0.29) is 18.9 Å². The predicted octanol–water partition coefficient (Wildman–Crippen LogP) is 2.87. The van der Waals surface area contributed by atoms with E-state index in [1.165, 1.54) is 6.07 Å². The van der Waals surface area contributed by atoms with Crippen LogP contribution in [0.25, 0.3) is 10.8 Å². The third-order valence-corrected chi connectivity index (χ3v) is 4.29. The maximum Gasteiger partial charge on any atom is 0.407 e. The van der Waals surface area contributed by atoms with Gasteiger partial charge in [-0.2, -0.15) is 0 Å². The number of carbonyl (C=O) groups excluding carboxylic acids is 1. The molecule has 2 atom stereocenters. The van der Waals surface area contributed by atoms with Crippen LogP contribution in [0.4, 0.5) is 4.79 Å². The minimum absolute atomic E-state index is 0.0960. The molecule has 0 fully saturated rings. The minimum Gasteiger partial charge on any atom is -0.507 e. The van der Waals surface area contributed by atoms with Gasteiger partial charge in [0.25, 0.3) is 0 Å². The molecule has 140 valence electrons. The molecule has 0 spiro atoms. The number of phenols is 1. The standard InChI is InChI=1S/C21H21NO5/c23-18-11-10-17(15-8-4-5-9-16(15)18)20(25)19(24)12-22-21(26)27-13-14-6-2-1-3-7-14/h1-11,19-20,23-25H,12-13H2,(H,22,26). The predicted molar refractivity (Wildman–Crippen MR) is 101 cm³/mol. The lowest BCUT2D eigenvalue weighted by Gasteiger charge is -2.20. The van der Waals surface area contributed by atoms with Gasteiger partial charge in [-0.3, -0.25) is 0 Å². The van der Waals surface area contributed by atoms with Crippen LogP contribution >= 0.6 is 0 Å². The van der Waals surface area contributed by atoms with Gasteiger partial charge in [-0.05, 0) is 22.6 Å². The van der Waals surface area contributed by atoms with Crippen LogP contribution in [-0.2, 0) is 11.3 Å². The van der Waals surface area contributed by atoms with Crippen LogP contribution in [0.2, 0.25) is 0 Å². The van der Waals surface area contributed by atoms with Crippen LogP contribution in [-0.4, -0.2) is 34.1 Å². The van der Waals surface area contributed by atoms with Gasteiger partial charge in [0.15, 0.2) is 0 Å². The smallest absolute Gasteiger partial charge is 0.407 e. The zero-order chi connectivity index (χ0) is 19.2. The SMILES string of the molecule is O=C(NCC(O)C(O)c1ccc(O)c2ccccc12)OCc1ccccc1. The third kappa shape index (κ3) is 4.55. The van der Waals surface area contributed by atoms with Gasteiger partial charge >= 0.3 is 6.09 Å². The molecule has 0 saturated heterocycles. The van der Waals surface area contributed by atoms with E-state index in [1.807, 2.05) is 30.3 Å². The van der Waals surface area contributed by atoms with Crippen LogP contribution in [0.3, 0.4) is 0 Å². The van der Waals surface area contributed by atoms with Gasteiger partial charge in [0.1, 0.15) is 24.6 Å². The Morgan fingerprint density at radius 1 is 0.926 bits per heavy atom. The van der Waals surface area contributed by atoms with Crippen molar-refractivity contribution < 1.29 is 24.9 Å². The van der Waals surface area contributed by atoms with E-state index in [0.29, 0.717) is 16.3 Å². The Morgan fingerprint density at radius 2 is 1.59 bits per heavy atom. The topological polar surface area (TPSA) is 99.0 Å². The molecule has 27 heavy (non-hydrogen) atoms. The number of hydrogen-bond donors (Lipinski definition) is 4. The fraction of sp³-hybridized carbons (Fsp3) is 0.190. The molecule has 0 bridgehead atoms. The van der Waals surface area contributed by atoms with Gasteiger partial charge in [0.05, 0.1) is 0 Å². The Labute approximate surface area is 156 Å². The molecular formula is C21H21NO5. The molecule has 4 N–H and O–H groups in total. The molecule has 3 aromatic carbocycles. The highest BCUT2D eigenvalue weighted by atomic mass is 16.5. The highest BCUT2D eigenvalue weighted by molar-refractivity contribution is 5.91. The minimum atomic E-state index is -1.23. The number of carbonyl (C=O) groups is 1. The Morgan fingerprint density at radius 3 is 2.33 bits per heavy atom. The van der Waals surface area contributed by atoms with E-state index in [2.05, 4.69) is 5.32 Å². The first-order valence-corrected chi connectivity index (χ1v) is 8.57. The second-order valence-corrected chi connectivity index (χ2v) is 6.17. The van der Waals surface area contributed by atoms with E-state index >= 15 is 0 Å². The van der Waals surface area contributed by atoms with Gasteiger partial charge in [-0.15, -0.1) is 0 Å². The highest BCUT2D eigenvalue weighted by Gasteiger charge is 2.22. The van der Waals surface area contributed by atoms with E-state index in [0.717, 1.165) is 5.56 Å². The number of hydrogen-bond acceptors (Lipinski definition) is 5. The summed E-state index contributed by atoms with van der Waals surface area (Å²) in [7, 11) is 0. The summed E-state index contributed by atoms with van der Waals surface area (Å²) in [4.78, 5) is 11.8. The molecule has 0 saturated carbocycles. The van der Waals surface area contributed by atoms with Crippen molar-refractivity contribution in [3.8, 4) is 5.75 Å². The van der Waals surface area contributed by atoms with Crippen molar-refractivity contribution in [2.24, 2.45) is 0 Å². The van der Waals surface area contributed by atoms with Gasteiger partial charge in [0.2, 0.25) is 0 Å². The molecule has 3 aromatic rings. The van der Waals surface area contributed by atoms with E-state index in [4.69, 9.17) is 4.74 Å². The molecule has 6 heteroatoms. The summed E-state index contributed by atoms with van der Waals surface area (Å²) >= 11 is 0. The molecule has 0 radical (unpaired) electrons. The van der Waals surface area contributed by atoms with Gasteiger partial charge < -0.3 is 25.4 Å². The zero-order valence-electron chi connectivity index (χ0n) is 14.6. The van der Waals surface area contributed by atoms with Crippen molar-refractivity contribution in [2.75, 3.05) is 6.54 Å². The lowest BCUT2D eigenvalue weighted by Crippen LogP contribution is -2.35. The molecule has 0 aromatic heterocycles. The monoisotopic (exact) mass is 367 g/mol. The Balaban J connectivity index is 1.59. The lowest BCUT2D eigenvalue weighted by molar-refractivity contribution is 0.0192. The second kappa shape index (κ2) is 8.53. The first kappa shape index (κ1) is 18.7. The number of amides is 1. The van der Waals surface area contributed by atoms with E-state index in [1.54, 1.807) is 30.3 Å². The summed E-state index contributed by atoms with van der Waals surface area (Å²) in [6.45, 7) is -0.0576. The maximum atomic E-state index is 11.8. The number of benzene rings is 3. The van der Waals surface area contributed by atoms with Gasteiger partial charge in [-0.1, -0.05) is 60.7 Å². The fourth-order valence-electron chi connectivity index (χ4n) is 2.85. The van der Waals surface area contributed by atoms with Crippen molar-refractivity contribution in [3.63, 3.8) is 0 Å². The quantitative estimate of drug-likeness (QED) is 0.537. The number of phenolic OH excluding ortho intramolecular Hbond substituents is 1. The molecule has 0 aliphatic heterocycles. The van der Waals surface area contributed by atoms with Crippen molar-refractivity contribution in [2.45, 2.75) is 18.8 Å². The number of aromatic hydroxyl groups is 1. The Kier molecular flexibility index (Phi) is 5.90. The van der Waals surface area contributed by atoms with Crippen molar-refractivity contribution in [1.82, 2.24) is 5.32 Å². The van der Waals surface area contributed by atoms with Crippen LogP contribution < -0.4 is 5.32 Å². The molecule has 6 nitrogen and oxygen atoms in total. The van der Waals surface area contributed by atoms with Crippen LogP contribution in [0.1, 0.15) is 17.2 Å². The summed E-state index contributed by atoms with van der Waals surface area (Å²) in [6.07, 6.45) is -3.15. The van der Waals surface area contributed by atoms with E-state index in [9.17, 15) is 20.1 Å². The average molecular weight is 367 g/mol. The highest BCUT2D eigenvalue weighted by Crippen LogP contribution is 2.31. The summed E-state index contributed by atoms with van der Waals surface area (Å²) < 4.78 is 5.07. The number of alkyl carbamates (subject to hydrolysis) is 1. The first-order chi connectivity index (χ1) is 13.1. The normalized spacial score (nSPS) is 13.1. The van der Waals surface area contributed by atoms with Gasteiger partial charge in [0, 0.05) is 11.9 Å². The number of aliphatic hydroxyl groups is 2. The summed E-state index contributed by atoms with van der Waals surface area (Å²) in [5.74, 6) is 0.0960. The lowest BCUT2D eigenvalue weighted by atomic mass is 9.97. The van der Waals surface area contributed by atoms with Crippen molar-refractivity contribution >= 4 is 16.9 Å². The number of ether oxygens (including phenoxy) is 1. The second-order valence-electron chi connectivity index (χ2n) is 6.17. The molecule has 1 amide bonds. The summed E-state index contributed by atoms with van der Waals surface area (Å²) in [5.41, 5.74) is 1.32. The average Bonchev–Trinajstić information content (AvgIpc) is 2.71. The van der Waals surface area contributed by atoms with Crippen LogP contribution in [0.5, 0.6) is 5.75 Å². The Bertz CT molecular complexity index is 913. The molecule has 3 rings (SSSR count). The maximum absolute atomic E-state index is 11.8. The van der Waals surface area contributed by atoms with Crippen LogP contribution in [0.15, 0.2) is 66.7 Å². The Hall–Kier alpha value is -3.09. The number of aliphatic hydroxyl groups excluding tert-OH is 2. The van der Waals surface area contributed by atoms with E-state index < -0.39 is 18.3 Å². The largest absolute Gasteiger partial charge is 0.507 e. The van der Waals surface area contributed by atoms with Crippen molar-refractivity contribution in [1.29, 1.82) is 0 Å². The third-order valence-electron chi connectivity index (χ3n) is 4.29. The van der Waals surface area contributed by atoms with Crippen molar-refractivity contribution in [3.05, 3.63) is 77.9 Å². The zero-order valence-corrected chi connectivity index (χ0v) is 14.6. The molecule has 0 heterocycles. The molecule has 0 aliphatic carbocycles. The van der Waals surface area contributed by atoms with Crippen LogP contribution in [0, 0.1) is 0 Å². The first-order valence-electron chi connectivity index (χ1n) is 8.57. The molecule has 0 aliphatic rings.